The maximum absolute atomic E-state index is 11.1. The second-order valence-corrected chi connectivity index (χ2v) is 5.83. The van der Waals surface area contributed by atoms with Crippen molar-refractivity contribution in [2.45, 2.75) is 6.42 Å². The van der Waals surface area contributed by atoms with Crippen LogP contribution in [0.2, 0.25) is 0 Å². The number of aryl methyl sites for hydroxylation is 1. The zero-order chi connectivity index (χ0) is 13.0. The summed E-state index contributed by atoms with van der Waals surface area (Å²) < 4.78 is 22.2. The summed E-state index contributed by atoms with van der Waals surface area (Å²) in [5.74, 6) is -0.00270. The van der Waals surface area contributed by atoms with Crippen LogP contribution < -0.4 is 0 Å². The van der Waals surface area contributed by atoms with Gasteiger partial charge in [0.2, 0.25) is 0 Å². The molecule has 0 atom stereocenters. The van der Waals surface area contributed by atoms with Gasteiger partial charge in [0, 0.05) is 41.8 Å². The zero-order valence-electron chi connectivity index (χ0n) is 9.78. The van der Waals surface area contributed by atoms with Crippen LogP contribution in [0.15, 0.2) is 42.9 Å². The van der Waals surface area contributed by atoms with Crippen molar-refractivity contribution >= 4 is 9.84 Å². The fourth-order valence-corrected chi connectivity index (χ4v) is 2.18. The smallest absolute Gasteiger partial charge is 0.151 e. The Morgan fingerprint density at radius 3 is 2.61 bits per heavy atom. The highest BCUT2D eigenvalue weighted by Crippen LogP contribution is 2.21. The van der Waals surface area contributed by atoms with Gasteiger partial charge >= 0.3 is 0 Å². The first-order chi connectivity index (χ1) is 8.56. The molecule has 2 rings (SSSR count). The highest BCUT2D eigenvalue weighted by molar-refractivity contribution is 7.92. The maximum Gasteiger partial charge on any atom is 0.151 e. The average Bonchev–Trinajstić information content (AvgIpc) is 2.37. The van der Waals surface area contributed by atoms with E-state index in [4.69, 9.17) is 0 Å². The van der Waals surface area contributed by atoms with E-state index in [2.05, 4.69) is 16.2 Å². The summed E-state index contributed by atoms with van der Waals surface area (Å²) in [5.41, 5.74) is 2.59. The van der Waals surface area contributed by atoms with Crippen molar-refractivity contribution in [1.82, 2.24) is 9.97 Å². The second-order valence-electron chi connectivity index (χ2n) is 3.94. The van der Waals surface area contributed by atoms with Crippen LogP contribution in [-0.2, 0) is 16.3 Å². The summed E-state index contributed by atoms with van der Waals surface area (Å²) in [5, 5.41) is 0. The van der Waals surface area contributed by atoms with E-state index in [-0.39, 0.29) is 5.75 Å². The molecule has 5 heteroatoms. The summed E-state index contributed by atoms with van der Waals surface area (Å²) in [6.45, 7) is 0. The van der Waals surface area contributed by atoms with E-state index in [1.807, 2.05) is 24.3 Å². The van der Waals surface area contributed by atoms with E-state index in [1.54, 1.807) is 18.6 Å². The molecule has 0 N–H and O–H groups in total. The molecule has 0 saturated carbocycles. The first-order valence-electron chi connectivity index (χ1n) is 5.46. The zero-order valence-corrected chi connectivity index (χ0v) is 10.6. The Morgan fingerprint density at radius 2 is 1.94 bits per heavy atom. The highest BCUT2D eigenvalue weighted by Gasteiger charge is 2.09. The van der Waals surface area contributed by atoms with E-state index in [9.17, 15) is 8.42 Å². The Balaban J connectivity index is 2.32. The quantitative estimate of drug-likeness (QED) is 0.843. The molecule has 0 saturated heterocycles. The third-order valence-corrected chi connectivity index (χ3v) is 3.34. The van der Waals surface area contributed by atoms with Crippen molar-refractivity contribution < 1.29 is 8.42 Å². The predicted octanol–water partition coefficient (Wildman–Crippen LogP) is 1.89. The summed E-state index contributed by atoms with van der Waals surface area (Å²) in [4.78, 5) is 8.29. The molecule has 1 radical (unpaired) electrons. The van der Waals surface area contributed by atoms with Gasteiger partial charge in [-0.25, -0.2) is 8.42 Å². The Labute approximate surface area is 107 Å². The molecule has 2 aromatic heterocycles. The van der Waals surface area contributed by atoms with Gasteiger partial charge in [-0.2, -0.15) is 0 Å². The van der Waals surface area contributed by atoms with Crippen LogP contribution in [0.3, 0.4) is 0 Å². The minimum absolute atomic E-state index is 0.00270. The standard InChI is InChI=1S/C13H13N2O2S/c1-18(16,17)9-6-13-12(5-3-8-15-13)11-4-2-7-14-10-11/h2-5,7-8,10H,1,6,9H2. The van der Waals surface area contributed by atoms with Gasteiger partial charge < -0.3 is 0 Å². The summed E-state index contributed by atoms with van der Waals surface area (Å²) in [7, 11) is -3.23. The van der Waals surface area contributed by atoms with Crippen LogP contribution in [0, 0.1) is 6.26 Å². The second kappa shape index (κ2) is 5.27. The van der Waals surface area contributed by atoms with Gasteiger partial charge in [-0.1, -0.05) is 12.1 Å². The minimum atomic E-state index is -3.23. The van der Waals surface area contributed by atoms with E-state index < -0.39 is 9.84 Å². The number of nitrogens with zero attached hydrogens (tertiary/aromatic N) is 2. The normalized spacial score (nSPS) is 11.4. The Kier molecular flexibility index (Phi) is 3.72. The number of hydrogen-bond acceptors (Lipinski definition) is 4. The molecule has 93 valence electrons. The number of aromatic nitrogens is 2. The summed E-state index contributed by atoms with van der Waals surface area (Å²) in [6, 6.07) is 7.50. The molecule has 0 amide bonds. The van der Waals surface area contributed by atoms with Crippen molar-refractivity contribution in [1.29, 1.82) is 0 Å². The highest BCUT2D eigenvalue weighted by atomic mass is 32.2. The van der Waals surface area contributed by atoms with Crippen LogP contribution >= 0.6 is 0 Å². The SMILES string of the molecule is [CH2]S(=O)(=O)CCc1ncccc1-c1cccnc1. The summed E-state index contributed by atoms with van der Waals surface area (Å²) in [6.07, 6.45) is 8.57. The largest absolute Gasteiger partial charge is 0.264 e. The van der Waals surface area contributed by atoms with Crippen molar-refractivity contribution in [3.63, 3.8) is 0 Å². The van der Waals surface area contributed by atoms with E-state index in [1.165, 1.54) is 0 Å². The Bertz CT molecular complexity index is 624. The first kappa shape index (κ1) is 12.7. The molecule has 0 aliphatic carbocycles. The molecular weight excluding hydrogens is 248 g/mol. The van der Waals surface area contributed by atoms with Crippen molar-refractivity contribution in [3.05, 3.63) is 54.8 Å². The molecule has 0 spiro atoms. The third kappa shape index (κ3) is 3.37. The Hall–Kier alpha value is -1.75. The lowest BCUT2D eigenvalue weighted by atomic mass is 10.0. The maximum atomic E-state index is 11.1. The predicted molar refractivity (Wildman–Crippen MR) is 70.3 cm³/mol. The van der Waals surface area contributed by atoms with Gasteiger partial charge in [0.15, 0.2) is 9.84 Å². The van der Waals surface area contributed by atoms with Crippen LogP contribution in [0.1, 0.15) is 5.69 Å². The van der Waals surface area contributed by atoms with Crippen LogP contribution in [-0.4, -0.2) is 24.1 Å². The molecule has 2 aromatic rings. The molecule has 4 nitrogen and oxygen atoms in total. The van der Waals surface area contributed by atoms with Gasteiger partial charge in [0.25, 0.3) is 0 Å². The topological polar surface area (TPSA) is 59.9 Å². The van der Waals surface area contributed by atoms with Gasteiger partial charge in [-0.15, -0.1) is 0 Å². The fourth-order valence-electron chi connectivity index (χ4n) is 1.67. The number of sulfone groups is 1. The monoisotopic (exact) mass is 261 g/mol. The molecule has 0 fully saturated rings. The fraction of sp³-hybridized carbons (Fsp3) is 0.154. The molecule has 2 heterocycles. The van der Waals surface area contributed by atoms with Gasteiger partial charge in [0.05, 0.1) is 12.0 Å². The van der Waals surface area contributed by atoms with E-state index >= 15 is 0 Å². The lowest BCUT2D eigenvalue weighted by Gasteiger charge is -2.07. The lowest BCUT2D eigenvalue weighted by molar-refractivity contribution is 0.603. The number of pyridine rings is 2. The van der Waals surface area contributed by atoms with Crippen LogP contribution in [0.5, 0.6) is 0 Å². The molecular formula is C13H13N2O2S. The van der Waals surface area contributed by atoms with Crippen LogP contribution in [0.25, 0.3) is 11.1 Å². The van der Waals surface area contributed by atoms with Gasteiger partial charge in [-0.3, -0.25) is 9.97 Å². The molecule has 0 unspecified atom stereocenters. The third-order valence-electron chi connectivity index (χ3n) is 2.51. The van der Waals surface area contributed by atoms with Crippen LogP contribution in [0.4, 0.5) is 0 Å². The van der Waals surface area contributed by atoms with E-state index in [0.29, 0.717) is 6.42 Å². The van der Waals surface area contributed by atoms with E-state index in [0.717, 1.165) is 16.8 Å². The van der Waals surface area contributed by atoms with Crippen molar-refractivity contribution in [2.75, 3.05) is 5.75 Å². The molecule has 18 heavy (non-hydrogen) atoms. The van der Waals surface area contributed by atoms with Gasteiger partial charge in [0.1, 0.15) is 0 Å². The molecule has 0 aromatic carbocycles. The van der Waals surface area contributed by atoms with Crippen molar-refractivity contribution in [2.24, 2.45) is 0 Å². The number of hydrogen-bond donors (Lipinski definition) is 0. The number of rotatable bonds is 4. The molecule has 0 aliphatic heterocycles. The lowest BCUT2D eigenvalue weighted by Crippen LogP contribution is -2.06. The minimum Gasteiger partial charge on any atom is -0.264 e. The first-order valence-corrected chi connectivity index (χ1v) is 7.28. The molecule has 0 aliphatic rings. The molecule has 0 bridgehead atoms. The average molecular weight is 261 g/mol. The van der Waals surface area contributed by atoms with Gasteiger partial charge in [-0.05, 0) is 12.1 Å². The Morgan fingerprint density at radius 1 is 1.17 bits per heavy atom. The summed E-state index contributed by atoms with van der Waals surface area (Å²) >= 11 is 0. The van der Waals surface area contributed by atoms with Crippen molar-refractivity contribution in [3.8, 4) is 11.1 Å².